The Morgan fingerprint density at radius 2 is 2.06 bits per heavy atom. The van der Waals surface area contributed by atoms with Crippen LogP contribution in [0.3, 0.4) is 0 Å². The fraction of sp³-hybridized carbons (Fsp3) is 0. The molecule has 1 N–H and O–H groups in total. The smallest absolute Gasteiger partial charge is 0.279 e. The molecule has 0 unspecified atom stereocenters. The van der Waals surface area contributed by atoms with E-state index in [0.717, 1.165) is 5.39 Å². The Balaban J connectivity index is 2.63. The number of rotatable bonds is 0. The van der Waals surface area contributed by atoms with Gasteiger partial charge in [-0.25, -0.2) is 4.98 Å². The Labute approximate surface area is 94.1 Å². The second-order valence-electron chi connectivity index (χ2n) is 3.29. The van der Waals surface area contributed by atoms with Crippen LogP contribution in [0.1, 0.15) is 0 Å². The van der Waals surface area contributed by atoms with E-state index in [-0.39, 0.29) is 11.1 Å². The number of aromatic nitrogens is 4. The summed E-state index contributed by atoms with van der Waals surface area (Å²) in [6, 6.07) is 5.19. The zero-order valence-electron chi connectivity index (χ0n) is 7.94. The first-order chi connectivity index (χ1) is 7.75. The number of H-pyrrole nitrogens is 1. The van der Waals surface area contributed by atoms with Crippen molar-refractivity contribution in [3.8, 4) is 0 Å². The lowest BCUT2D eigenvalue weighted by molar-refractivity contribution is 1.07. The maximum absolute atomic E-state index is 11.5. The Morgan fingerprint density at radius 1 is 1.19 bits per heavy atom. The van der Waals surface area contributed by atoms with Crippen molar-refractivity contribution in [2.45, 2.75) is 0 Å². The van der Waals surface area contributed by atoms with Crippen molar-refractivity contribution in [3.05, 3.63) is 39.9 Å². The molecule has 2 heterocycles. The zero-order valence-corrected chi connectivity index (χ0v) is 8.69. The van der Waals surface area contributed by atoms with Crippen LogP contribution in [0, 0.1) is 0 Å². The summed E-state index contributed by atoms with van der Waals surface area (Å²) in [6.07, 6.45) is 1.34. The summed E-state index contributed by atoms with van der Waals surface area (Å²) in [5.74, 6) is 0. The molecular formula is C10H5ClN4O. The van der Waals surface area contributed by atoms with E-state index in [1.165, 1.54) is 6.33 Å². The summed E-state index contributed by atoms with van der Waals surface area (Å²) in [5.41, 5.74) is 1.09. The van der Waals surface area contributed by atoms with Gasteiger partial charge in [0.05, 0.1) is 11.8 Å². The van der Waals surface area contributed by atoms with Gasteiger partial charge in [-0.3, -0.25) is 4.79 Å². The summed E-state index contributed by atoms with van der Waals surface area (Å²) in [7, 11) is 0. The van der Waals surface area contributed by atoms with Gasteiger partial charge in [-0.2, -0.15) is 0 Å². The second-order valence-corrected chi connectivity index (χ2v) is 3.73. The van der Waals surface area contributed by atoms with Gasteiger partial charge in [-0.05, 0) is 18.2 Å². The normalized spacial score (nSPS) is 11.1. The minimum Gasteiger partial charge on any atom is -0.311 e. The molecule has 0 radical (unpaired) electrons. The molecule has 0 saturated heterocycles. The highest BCUT2D eigenvalue weighted by atomic mass is 35.5. The summed E-state index contributed by atoms with van der Waals surface area (Å²) in [4.78, 5) is 18.0. The molecule has 6 heteroatoms. The van der Waals surface area contributed by atoms with E-state index in [2.05, 4.69) is 20.2 Å². The van der Waals surface area contributed by atoms with Gasteiger partial charge in [0.1, 0.15) is 5.52 Å². The molecule has 0 aliphatic rings. The minimum atomic E-state index is -0.306. The van der Waals surface area contributed by atoms with Gasteiger partial charge >= 0.3 is 0 Å². The third-order valence-electron chi connectivity index (χ3n) is 2.30. The summed E-state index contributed by atoms with van der Waals surface area (Å²) >= 11 is 5.90. The lowest BCUT2D eigenvalue weighted by Gasteiger charge is -2.00. The Kier molecular flexibility index (Phi) is 1.87. The molecule has 5 nitrogen and oxygen atoms in total. The predicted molar refractivity (Wildman–Crippen MR) is 60.5 cm³/mol. The molecule has 0 aliphatic carbocycles. The number of hydrogen-bond donors (Lipinski definition) is 1. The van der Waals surface area contributed by atoms with Crippen molar-refractivity contribution in [1.82, 2.24) is 20.2 Å². The molecule has 3 aromatic rings. The summed E-state index contributed by atoms with van der Waals surface area (Å²) < 4.78 is 0. The van der Waals surface area contributed by atoms with Crippen molar-refractivity contribution in [3.63, 3.8) is 0 Å². The lowest BCUT2D eigenvalue weighted by Crippen LogP contribution is -2.09. The van der Waals surface area contributed by atoms with E-state index in [1.54, 1.807) is 18.2 Å². The molecule has 0 amide bonds. The molecule has 0 saturated carbocycles. The molecule has 1 aromatic carbocycles. The quantitative estimate of drug-likeness (QED) is 0.597. The SMILES string of the molecule is O=c1[nH]cnc2c1nnc1ccc(Cl)cc12. The fourth-order valence-electron chi connectivity index (χ4n) is 1.57. The molecule has 3 rings (SSSR count). The molecule has 0 aliphatic heterocycles. The maximum Gasteiger partial charge on any atom is 0.279 e. The van der Waals surface area contributed by atoms with Crippen LogP contribution in [0.4, 0.5) is 0 Å². The van der Waals surface area contributed by atoms with Gasteiger partial charge in [0, 0.05) is 10.4 Å². The van der Waals surface area contributed by atoms with E-state index < -0.39 is 0 Å². The van der Waals surface area contributed by atoms with Crippen molar-refractivity contribution < 1.29 is 0 Å². The van der Waals surface area contributed by atoms with E-state index >= 15 is 0 Å². The Morgan fingerprint density at radius 3 is 2.94 bits per heavy atom. The number of aromatic amines is 1. The topological polar surface area (TPSA) is 71.5 Å². The maximum atomic E-state index is 11.5. The minimum absolute atomic E-state index is 0.220. The van der Waals surface area contributed by atoms with Crippen LogP contribution in [0.5, 0.6) is 0 Å². The van der Waals surface area contributed by atoms with Crippen molar-refractivity contribution in [2.75, 3.05) is 0 Å². The first-order valence-electron chi connectivity index (χ1n) is 4.55. The van der Waals surface area contributed by atoms with Gasteiger partial charge in [-0.1, -0.05) is 11.6 Å². The fourth-order valence-corrected chi connectivity index (χ4v) is 1.74. The Hall–Kier alpha value is -2.01. The van der Waals surface area contributed by atoms with Gasteiger partial charge in [0.2, 0.25) is 0 Å². The second kappa shape index (κ2) is 3.24. The van der Waals surface area contributed by atoms with Crippen molar-refractivity contribution in [2.24, 2.45) is 0 Å². The third kappa shape index (κ3) is 1.25. The zero-order chi connectivity index (χ0) is 11.1. The van der Waals surface area contributed by atoms with Crippen LogP contribution in [0.2, 0.25) is 5.02 Å². The third-order valence-corrected chi connectivity index (χ3v) is 2.54. The number of halogens is 1. The molecule has 16 heavy (non-hydrogen) atoms. The summed E-state index contributed by atoms with van der Waals surface area (Å²) in [5, 5.41) is 9.08. The average Bonchev–Trinajstić information content (AvgIpc) is 2.29. The van der Waals surface area contributed by atoms with Crippen LogP contribution in [-0.2, 0) is 0 Å². The van der Waals surface area contributed by atoms with Crippen LogP contribution < -0.4 is 5.56 Å². The highest BCUT2D eigenvalue weighted by Gasteiger charge is 2.07. The monoisotopic (exact) mass is 232 g/mol. The molecule has 0 spiro atoms. The Bertz CT molecular complexity index is 752. The molecular weight excluding hydrogens is 228 g/mol. The number of nitrogens with zero attached hydrogens (tertiary/aromatic N) is 3. The molecule has 0 atom stereocenters. The van der Waals surface area contributed by atoms with Gasteiger partial charge in [0.15, 0.2) is 5.52 Å². The first-order valence-corrected chi connectivity index (χ1v) is 4.93. The van der Waals surface area contributed by atoms with Crippen LogP contribution in [-0.4, -0.2) is 20.2 Å². The largest absolute Gasteiger partial charge is 0.311 e. The highest BCUT2D eigenvalue weighted by molar-refractivity contribution is 6.31. The number of nitrogens with one attached hydrogen (secondary N) is 1. The first kappa shape index (κ1) is 9.23. The lowest BCUT2D eigenvalue weighted by atomic mass is 10.2. The number of hydrogen-bond acceptors (Lipinski definition) is 4. The predicted octanol–water partition coefficient (Wildman–Crippen LogP) is 1.52. The summed E-state index contributed by atoms with van der Waals surface area (Å²) in [6.45, 7) is 0. The van der Waals surface area contributed by atoms with E-state index in [1.807, 2.05) is 0 Å². The van der Waals surface area contributed by atoms with E-state index in [9.17, 15) is 4.79 Å². The average molecular weight is 233 g/mol. The van der Waals surface area contributed by atoms with Gasteiger partial charge in [-0.15, -0.1) is 10.2 Å². The number of fused-ring (bicyclic) bond motifs is 3. The standard InChI is InChI=1S/C10H5ClN4O/c11-5-1-2-7-6(3-5)8-9(15-14-7)10(16)13-4-12-8/h1-4H,(H,12,13,16). The molecule has 2 aromatic heterocycles. The van der Waals surface area contributed by atoms with Crippen molar-refractivity contribution in [1.29, 1.82) is 0 Å². The molecule has 78 valence electrons. The van der Waals surface area contributed by atoms with Crippen LogP contribution in [0.25, 0.3) is 21.9 Å². The van der Waals surface area contributed by atoms with Crippen LogP contribution in [0.15, 0.2) is 29.3 Å². The molecule has 0 fully saturated rings. The van der Waals surface area contributed by atoms with Crippen molar-refractivity contribution >= 4 is 33.5 Å². The van der Waals surface area contributed by atoms with E-state index in [4.69, 9.17) is 11.6 Å². The number of benzene rings is 1. The molecule has 0 bridgehead atoms. The highest BCUT2D eigenvalue weighted by Crippen LogP contribution is 2.21. The van der Waals surface area contributed by atoms with Crippen LogP contribution >= 0.6 is 11.6 Å². The van der Waals surface area contributed by atoms with Gasteiger partial charge in [0.25, 0.3) is 5.56 Å². The van der Waals surface area contributed by atoms with E-state index in [0.29, 0.717) is 16.1 Å². The van der Waals surface area contributed by atoms with Gasteiger partial charge < -0.3 is 4.98 Å².